The van der Waals surface area contributed by atoms with Crippen LogP contribution in [-0.4, -0.2) is 22.8 Å². The molecule has 0 atom stereocenters. The molecule has 1 heterocycles. The van der Waals surface area contributed by atoms with Crippen molar-refractivity contribution in [3.8, 4) is 56.4 Å². The summed E-state index contributed by atoms with van der Waals surface area (Å²) in [6.45, 7) is 0. The Morgan fingerprint density at radius 1 is 0.324 bits per heavy atom. The van der Waals surface area contributed by atoms with Crippen LogP contribution in [0.1, 0.15) is 0 Å². The summed E-state index contributed by atoms with van der Waals surface area (Å²) in [6.07, 6.45) is 0. The minimum Gasteiger partial charge on any atom is -0.208 e. The number of nitrogens with zero attached hydrogens (tertiary/aromatic N) is 3. The van der Waals surface area contributed by atoms with Crippen molar-refractivity contribution in [2.24, 2.45) is 0 Å². The van der Waals surface area contributed by atoms with Crippen molar-refractivity contribution in [1.29, 1.82) is 0 Å². The summed E-state index contributed by atoms with van der Waals surface area (Å²) in [4.78, 5) is 14.7. The Balaban J connectivity index is 1.45. The van der Waals surface area contributed by atoms with Crippen LogP contribution in [0.3, 0.4) is 0 Å². The maximum atomic E-state index is 4.93. The van der Waals surface area contributed by atoms with E-state index >= 15 is 0 Å². The van der Waals surface area contributed by atoms with E-state index in [1.807, 2.05) is 36.4 Å². The summed E-state index contributed by atoms with van der Waals surface area (Å²) in [7, 11) is 2.11. The lowest BCUT2D eigenvalue weighted by Gasteiger charge is -2.10. The molecule has 0 aliphatic heterocycles. The zero-order chi connectivity index (χ0) is 25.0. The van der Waals surface area contributed by atoms with Gasteiger partial charge in [-0.1, -0.05) is 133 Å². The van der Waals surface area contributed by atoms with Gasteiger partial charge < -0.3 is 0 Å². The van der Waals surface area contributed by atoms with Gasteiger partial charge in [0.15, 0.2) is 17.5 Å². The van der Waals surface area contributed by atoms with Crippen LogP contribution < -0.4 is 5.46 Å². The summed E-state index contributed by atoms with van der Waals surface area (Å²) >= 11 is 0. The van der Waals surface area contributed by atoms with E-state index in [-0.39, 0.29) is 0 Å². The number of benzene rings is 5. The maximum Gasteiger partial charge on any atom is 0.164 e. The molecule has 5 aromatic carbocycles. The summed E-state index contributed by atoms with van der Waals surface area (Å²) in [6, 6.07) is 45.8. The normalized spacial score (nSPS) is 10.8. The minimum atomic E-state index is 0.657. The van der Waals surface area contributed by atoms with Crippen molar-refractivity contribution in [1.82, 2.24) is 15.0 Å². The molecule has 0 amide bonds. The van der Waals surface area contributed by atoms with Gasteiger partial charge in [-0.05, 0) is 28.3 Å². The van der Waals surface area contributed by atoms with E-state index in [9.17, 15) is 0 Å². The average molecular weight is 473 g/mol. The second-order valence-electron chi connectivity index (χ2n) is 9.07. The first kappa shape index (κ1) is 22.6. The first-order valence-electron chi connectivity index (χ1n) is 12.4. The quantitative estimate of drug-likeness (QED) is 0.270. The van der Waals surface area contributed by atoms with Gasteiger partial charge in [-0.15, -0.1) is 0 Å². The molecule has 0 spiro atoms. The molecule has 0 aliphatic rings. The summed E-state index contributed by atoms with van der Waals surface area (Å²) in [5.74, 6) is 1.98. The average Bonchev–Trinajstić information content (AvgIpc) is 2.98. The van der Waals surface area contributed by atoms with E-state index in [0.717, 1.165) is 27.8 Å². The van der Waals surface area contributed by atoms with Crippen LogP contribution in [0, 0.1) is 0 Å². The molecule has 4 heteroatoms. The van der Waals surface area contributed by atoms with Crippen molar-refractivity contribution in [2.75, 3.05) is 0 Å². The highest BCUT2D eigenvalue weighted by Gasteiger charge is 2.13. The van der Waals surface area contributed by atoms with Crippen molar-refractivity contribution < 1.29 is 0 Å². The predicted molar refractivity (Wildman–Crippen MR) is 155 cm³/mol. The fraction of sp³-hybridized carbons (Fsp3) is 0. The van der Waals surface area contributed by atoms with E-state index in [1.165, 1.54) is 16.6 Å². The second-order valence-corrected chi connectivity index (χ2v) is 9.07. The SMILES string of the molecule is Bc1cccc(-c2cccc(-c3nc(-c4ccccc4)nc(-c4ccc(-c5ccccc5)cc4)n3)c2)c1. The van der Waals surface area contributed by atoms with Gasteiger partial charge in [-0.3, -0.25) is 0 Å². The van der Waals surface area contributed by atoms with Crippen LogP contribution in [0.25, 0.3) is 56.4 Å². The van der Waals surface area contributed by atoms with Gasteiger partial charge in [0.1, 0.15) is 7.85 Å². The Kier molecular flexibility index (Phi) is 6.14. The molecule has 0 aliphatic carbocycles. The third kappa shape index (κ3) is 4.96. The molecule has 0 N–H and O–H groups in total. The highest BCUT2D eigenvalue weighted by Crippen LogP contribution is 2.29. The summed E-state index contributed by atoms with van der Waals surface area (Å²) in [5.41, 5.74) is 8.76. The van der Waals surface area contributed by atoms with Crippen LogP contribution in [0.2, 0.25) is 0 Å². The Morgan fingerprint density at radius 3 is 1.35 bits per heavy atom. The van der Waals surface area contributed by atoms with Crippen molar-refractivity contribution >= 4 is 13.3 Å². The van der Waals surface area contributed by atoms with Crippen LogP contribution in [0.5, 0.6) is 0 Å². The lowest BCUT2D eigenvalue weighted by Crippen LogP contribution is -2.01. The van der Waals surface area contributed by atoms with Gasteiger partial charge in [0.2, 0.25) is 0 Å². The van der Waals surface area contributed by atoms with E-state index < -0.39 is 0 Å². The second kappa shape index (κ2) is 10.0. The third-order valence-corrected chi connectivity index (χ3v) is 6.39. The lowest BCUT2D eigenvalue weighted by atomic mass is 9.92. The number of hydrogen-bond acceptors (Lipinski definition) is 3. The first-order valence-corrected chi connectivity index (χ1v) is 12.4. The molecular formula is C33H24BN3. The first-order chi connectivity index (χ1) is 18.2. The van der Waals surface area contributed by atoms with Crippen LogP contribution in [-0.2, 0) is 0 Å². The van der Waals surface area contributed by atoms with Crippen LogP contribution >= 0.6 is 0 Å². The van der Waals surface area contributed by atoms with Gasteiger partial charge in [0, 0.05) is 16.7 Å². The molecule has 0 bridgehead atoms. The van der Waals surface area contributed by atoms with Crippen LogP contribution in [0.4, 0.5) is 0 Å². The van der Waals surface area contributed by atoms with E-state index in [2.05, 4.69) is 105 Å². The minimum absolute atomic E-state index is 0.657. The molecule has 174 valence electrons. The largest absolute Gasteiger partial charge is 0.208 e. The van der Waals surface area contributed by atoms with E-state index in [1.54, 1.807) is 0 Å². The Morgan fingerprint density at radius 2 is 0.730 bits per heavy atom. The van der Waals surface area contributed by atoms with E-state index in [0.29, 0.717) is 17.5 Å². The molecule has 0 unspecified atom stereocenters. The highest BCUT2D eigenvalue weighted by molar-refractivity contribution is 6.32. The van der Waals surface area contributed by atoms with Gasteiger partial charge in [-0.2, -0.15) is 0 Å². The fourth-order valence-electron chi connectivity index (χ4n) is 4.46. The molecule has 1 aromatic heterocycles. The molecule has 0 saturated heterocycles. The zero-order valence-electron chi connectivity index (χ0n) is 20.5. The lowest BCUT2D eigenvalue weighted by molar-refractivity contribution is 1.07. The fourth-order valence-corrected chi connectivity index (χ4v) is 4.46. The molecule has 0 radical (unpaired) electrons. The summed E-state index contributed by atoms with van der Waals surface area (Å²) in [5, 5.41) is 0. The van der Waals surface area contributed by atoms with Gasteiger partial charge >= 0.3 is 0 Å². The molecule has 6 rings (SSSR count). The Labute approximate surface area is 218 Å². The number of rotatable bonds is 5. The maximum absolute atomic E-state index is 4.93. The van der Waals surface area contributed by atoms with Crippen molar-refractivity contribution in [3.63, 3.8) is 0 Å². The van der Waals surface area contributed by atoms with E-state index in [4.69, 9.17) is 15.0 Å². The topological polar surface area (TPSA) is 38.7 Å². The predicted octanol–water partition coefficient (Wildman–Crippen LogP) is 6.47. The molecule has 37 heavy (non-hydrogen) atoms. The smallest absolute Gasteiger partial charge is 0.164 e. The molecular weight excluding hydrogens is 449 g/mol. The molecule has 3 nitrogen and oxygen atoms in total. The molecule has 6 aromatic rings. The highest BCUT2D eigenvalue weighted by atomic mass is 15.0. The Hall–Kier alpha value is -4.83. The third-order valence-electron chi connectivity index (χ3n) is 6.39. The molecule has 0 fully saturated rings. The van der Waals surface area contributed by atoms with Crippen LogP contribution in [0.15, 0.2) is 133 Å². The van der Waals surface area contributed by atoms with Gasteiger partial charge in [-0.25, -0.2) is 15.0 Å². The Bertz CT molecular complexity index is 1660. The van der Waals surface area contributed by atoms with Gasteiger partial charge in [0.05, 0.1) is 0 Å². The standard InChI is InChI=1S/C33H24BN3/c34-30-16-8-14-28(22-30)27-13-7-15-29(21-27)33-36-31(25-11-5-2-6-12-25)35-32(37-33)26-19-17-24(18-20-26)23-9-3-1-4-10-23/h1-22H,34H2. The van der Waals surface area contributed by atoms with Gasteiger partial charge in [0.25, 0.3) is 0 Å². The number of hydrogen-bond donors (Lipinski definition) is 0. The van der Waals surface area contributed by atoms with Crippen molar-refractivity contribution in [2.45, 2.75) is 0 Å². The molecule has 0 saturated carbocycles. The van der Waals surface area contributed by atoms with Crippen molar-refractivity contribution in [3.05, 3.63) is 133 Å². The zero-order valence-corrected chi connectivity index (χ0v) is 20.5. The number of aromatic nitrogens is 3. The monoisotopic (exact) mass is 473 g/mol. The summed E-state index contributed by atoms with van der Waals surface area (Å²) < 4.78 is 0.